The Labute approximate surface area is 117 Å². The van der Waals surface area contributed by atoms with Gasteiger partial charge in [-0.1, -0.05) is 31.7 Å². The molecule has 0 heterocycles. The molecule has 1 aromatic rings. The molecule has 1 fully saturated rings. The molecular weight excluding hydrogens is 259 g/mol. The van der Waals surface area contributed by atoms with Gasteiger partial charge in [0.2, 0.25) is 0 Å². The van der Waals surface area contributed by atoms with E-state index in [4.69, 9.17) is 0 Å². The van der Waals surface area contributed by atoms with Crippen LogP contribution in [0.4, 0.5) is 10.1 Å². The molecule has 1 aliphatic carbocycles. The Balaban J connectivity index is 1.72. The number of rotatable bonds is 4. The molecule has 0 bridgehead atoms. The van der Waals surface area contributed by atoms with Crippen molar-refractivity contribution in [2.75, 3.05) is 11.9 Å². The summed E-state index contributed by atoms with van der Waals surface area (Å²) in [7, 11) is 0. The summed E-state index contributed by atoms with van der Waals surface area (Å²) < 4.78 is 12.9. The molecule has 2 N–H and O–H groups in total. The zero-order chi connectivity index (χ0) is 14.4. The first-order valence-corrected chi connectivity index (χ1v) is 7.00. The van der Waals surface area contributed by atoms with Crippen molar-refractivity contribution in [2.45, 2.75) is 32.1 Å². The minimum absolute atomic E-state index is 0.279. The normalized spacial score (nSPS) is 15.1. The minimum atomic E-state index is -0.762. The van der Waals surface area contributed by atoms with Crippen molar-refractivity contribution in [2.24, 2.45) is 5.92 Å². The Morgan fingerprint density at radius 2 is 1.95 bits per heavy atom. The maximum atomic E-state index is 12.9. The van der Waals surface area contributed by atoms with Crippen LogP contribution in [-0.2, 0) is 9.59 Å². The molecule has 2 rings (SSSR count). The van der Waals surface area contributed by atoms with Gasteiger partial charge < -0.3 is 10.6 Å². The van der Waals surface area contributed by atoms with Gasteiger partial charge in [0.25, 0.3) is 0 Å². The SMILES string of the molecule is O=C(NCCC1CCCC1)C(=O)Nc1cccc(F)c1. The van der Waals surface area contributed by atoms with E-state index < -0.39 is 17.6 Å². The predicted octanol–water partition coefficient (Wildman–Crippen LogP) is 2.46. The highest BCUT2D eigenvalue weighted by molar-refractivity contribution is 6.39. The molecule has 1 aromatic carbocycles. The third kappa shape index (κ3) is 4.33. The van der Waals surface area contributed by atoms with E-state index in [-0.39, 0.29) is 5.69 Å². The van der Waals surface area contributed by atoms with Gasteiger partial charge in [-0.2, -0.15) is 0 Å². The Morgan fingerprint density at radius 3 is 2.65 bits per heavy atom. The first-order valence-electron chi connectivity index (χ1n) is 7.00. The van der Waals surface area contributed by atoms with Crippen LogP contribution in [0.25, 0.3) is 0 Å². The standard InChI is InChI=1S/C15H19FN2O2/c16-12-6-3-7-13(10-12)18-15(20)14(19)17-9-8-11-4-1-2-5-11/h3,6-7,10-11H,1-2,4-5,8-9H2,(H,17,19)(H,18,20). The fourth-order valence-corrected chi connectivity index (χ4v) is 2.52. The summed E-state index contributed by atoms with van der Waals surface area (Å²) in [5.41, 5.74) is 0.279. The van der Waals surface area contributed by atoms with Gasteiger partial charge in [0.05, 0.1) is 0 Å². The van der Waals surface area contributed by atoms with Crippen LogP contribution in [-0.4, -0.2) is 18.4 Å². The average Bonchev–Trinajstić information content (AvgIpc) is 2.91. The Morgan fingerprint density at radius 1 is 1.20 bits per heavy atom. The Hall–Kier alpha value is -1.91. The molecule has 1 saturated carbocycles. The van der Waals surface area contributed by atoms with Crippen LogP contribution in [0.15, 0.2) is 24.3 Å². The Kier molecular flexibility index (Phi) is 5.09. The monoisotopic (exact) mass is 278 g/mol. The number of nitrogens with one attached hydrogen (secondary N) is 2. The third-order valence-electron chi connectivity index (χ3n) is 3.60. The molecule has 0 aromatic heterocycles. The number of benzene rings is 1. The van der Waals surface area contributed by atoms with Gasteiger partial charge in [-0.05, 0) is 30.5 Å². The van der Waals surface area contributed by atoms with Gasteiger partial charge in [-0.25, -0.2) is 4.39 Å². The Bertz CT molecular complexity index is 485. The summed E-state index contributed by atoms with van der Waals surface area (Å²) in [6, 6.07) is 5.46. The van der Waals surface area contributed by atoms with E-state index in [0.29, 0.717) is 12.5 Å². The van der Waals surface area contributed by atoms with E-state index in [1.807, 2.05) is 0 Å². The quantitative estimate of drug-likeness (QED) is 0.831. The van der Waals surface area contributed by atoms with Crippen LogP contribution in [0.2, 0.25) is 0 Å². The van der Waals surface area contributed by atoms with E-state index in [2.05, 4.69) is 10.6 Å². The fraction of sp³-hybridized carbons (Fsp3) is 0.467. The van der Waals surface area contributed by atoms with E-state index in [9.17, 15) is 14.0 Å². The molecule has 0 atom stereocenters. The summed E-state index contributed by atoms with van der Waals surface area (Å²) in [6.07, 6.45) is 5.87. The number of carbonyl (C=O) groups excluding carboxylic acids is 2. The highest BCUT2D eigenvalue weighted by atomic mass is 19.1. The number of hydrogen-bond acceptors (Lipinski definition) is 2. The van der Waals surface area contributed by atoms with E-state index in [1.54, 1.807) is 0 Å². The van der Waals surface area contributed by atoms with Gasteiger partial charge in [-0.3, -0.25) is 9.59 Å². The second-order valence-corrected chi connectivity index (χ2v) is 5.16. The molecule has 4 nitrogen and oxygen atoms in total. The first kappa shape index (κ1) is 14.5. The molecule has 0 saturated heterocycles. The van der Waals surface area contributed by atoms with Crippen LogP contribution in [0.5, 0.6) is 0 Å². The lowest BCUT2D eigenvalue weighted by Crippen LogP contribution is -2.36. The van der Waals surface area contributed by atoms with Gasteiger partial charge in [0.1, 0.15) is 5.82 Å². The largest absolute Gasteiger partial charge is 0.348 e. The minimum Gasteiger partial charge on any atom is -0.348 e. The molecular formula is C15H19FN2O2. The molecule has 5 heteroatoms. The smallest absolute Gasteiger partial charge is 0.313 e. The van der Waals surface area contributed by atoms with Crippen molar-refractivity contribution in [1.82, 2.24) is 5.32 Å². The van der Waals surface area contributed by atoms with Gasteiger partial charge in [0.15, 0.2) is 0 Å². The second-order valence-electron chi connectivity index (χ2n) is 5.16. The third-order valence-corrected chi connectivity index (χ3v) is 3.60. The number of anilines is 1. The van der Waals surface area contributed by atoms with Crippen molar-refractivity contribution in [3.05, 3.63) is 30.1 Å². The van der Waals surface area contributed by atoms with Crippen molar-refractivity contribution < 1.29 is 14.0 Å². The van der Waals surface area contributed by atoms with Gasteiger partial charge in [0, 0.05) is 12.2 Å². The first-order chi connectivity index (χ1) is 9.65. The van der Waals surface area contributed by atoms with Crippen LogP contribution in [0.1, 0.15) is 32.1 Å². The highest BCUT2D eigenvalue weighted by Crippen LogP contribution is 2.26. The summed E-state index contributed by atoms with van der Waals surface area (Å²) in [5, 5.41) is 4.97. The maximum Gasteiger partial charge on any atom is 0.313 e. The number of hydrogen-bond donors (Lipinski definition) is 2. The highest BCUT2D eigenvalue weighted by Gasteiger charge is 2.17. The van der Waals surface area contributed by atoms with E-state index >= 15 is 0 Å². The molecule has 1 aliphatic rings. The summed E-state index contributed by atoms with van der Waals surface area (Å²) >= 11 is 0. The molecule has 0 spiro atoms. The molecule has 2 amide bonds. The zero-order valence-corrected chi connectivity index (χ0v) is 11.3. The van der Waals surface area contributed by atoms with Crippen LogP contribution in [0, 0.1) is 11.7 Å². The van der Waals surface area contributed by atoms with Gasteiger partial charge >= 0.3 is 11.8 Å². The molecule has 108 valence electrons. The number of halogens is 1. The lowest BCUT2D eigenvalue weighted by atomic mass is 10.0. The molecule has 0 aliphatic heterocycles. The number of amides is 2. The fourth-order valence-electron chi connectivity index (χ4n) is 2.52. The van der Waals surface area contributed by atoms with Gasteiger partial charge in [-0.15, -0.1) is 0 Å². The summed E-state index contributed by atoms with van der Waals surface area (Å²) in [4.78, 5) is 23.2. The summed E-state index contributed by atoms with van der Waals surface area (Å²) in [6.45, 7) is 0.514. The van der Waals surface area contributed by atoms with E-state index in [0.717, 1.165) is 6.42 Å². The number of carbonyl (C=O) groups is 2. The van der Waals surface area contributed by atoms with Crippen LogP contribution >= 0.6 is 0 Å². The molecule has 20 heavy (non-hydrogen) atoms. The van der Waals surface area contributed by atoms with Crippen LogP contribution < -0.4 is 10.6 Å². The topological polar surface area (TPSA) is 58.2 Å². The van der Waals surface area contributed by atoms with Crippen molar-refractivity contribution >= 4 is 17.5 Å². The van der Waals surface area contributed by atoms with Crippen molar-refractivity contribution in [3.63, 3.8) is 0 Å². The maximum absolute atomic E-state index is 12.9. The predicted molar refractivity (Wildman–Crippen MR) is 74.6 cm³/mol. The zero-order valence-electron chi connectivity index (χ0n) is 11.3. The van der Waals surface area contributed by atoms with Crippen molar-refractivity contribution in [1.29, 1.82) is 0 Å². The van der Waals surface area contributed by atoms with E-state index in [1.165, 1.54) is 49.9 Å². The van der Waals surface area contributed by atoms with Crippen LogP contribution in [0.3, 0.4) is 0 Å². The molecule has 0 radical (unpaired) electrons. The lowest BCUT2D eigenvalue weighted by molar-refractivity contribution is -0.136. The van der Waals surface area contributed by atoms with Crippen molar-refractivity contribution in [3.8, 4) is 0 Å². The average molecular weight is 278 g/mol. The second kappa shape index (κ2) is 7.03. The molecule has 0 unspecified atom stereocenters. The summed E-state index contributed by atoms with van der Waals surface area (Å²) in [5.74, 6) is -1.22. The lowest BCUT2D eigenvalue weighted by Gasteiger charge is -2.10.